The minimum absolute atomic E-state index is 0.106. The standard InChI is InChI=1S/C19H19FN4O3S/c1-14-5-4-8-18-21-16(13-24(14)18)19(25)22-9-11-23(12-10-22)28(26,27)17-7-3-2-6-15(17)20/h2-8,13H,9-12H2,1H3. The molecule has 0 unspecified atom stereocenters. The highest BCUT2D eigenvalue weighted by Gasteiger charge is 2.32. The summed E-state index contributed by atoms with van der Waals surface area (Å²) in [6.45, 7) is 2.58. The second-order valence-corrected chi connectivity index (χ2v) is 8.55. The second-order valence-electron chi connectivity index (χ2n) is 6.65. The van der Waals surface area contributed by atoms with Crippen LogP contribution < -0.4 is 0 Å². The van der Waals surface area contributed by atoms with Gasteiger partial charge in [-0.3, -0.25) is 4.79 Å². The van der Waals surface area contributed by atoms with Crippen LogP contribution in [0.5, 0.6) is 0 Å². The van der Waals surface area contributed by atoms with Crippen molar-refractivity contribution < 1.29 is 17.6 Å². The Balaban J connectivity index is 1.50. The summed E-state index contributed by atoms with van der Waals surface area (Å²) in [6, 6.07) is 10.9. The maximum atomic E-state index is 13.9. The molecule has 146 valence electrons. The van der Waals surface area contributed by atoms with Crippen molar-refractivity contribution in [3.63, 3.8) is 0 Å². The van der Waals surface area contributed by atoms with Gasteiger partial charge in [-0.1, -0.05) is 18.2 Å². The second kappa shape index (κ2) is 6.99. The van der Waals surface area contributed by atoms with Crippen LogP contribution in [0.1, 0.15) is 16.2 Å². The summed E-state index contributed by atoms with van der Waals surface area (Å²) in [5.74, 6) is -1.02. The Morgan fingerprint density at radius 2 is 1.75 bits per heavy atom. The van der Waals surface area contributed by atoms with Crippen LogP contribution in [0.15, 0.2) is 53.6 Å². The van der Waals surface area contributed by atoms with E-state index in [1.54, 1.807) is 11.1 Å². The fourth-order valence-corrected chi connectivity index (χ4v) is 4.83. The predicted molar refractivity (Wildman–Crippen MR) is 101 cm³/mol. The van der Waals surface area contributed by atoms with E-state index in [4.69, 9.17) is 0 Å². The Morgan fingerprint density at radius 3 is 2.43 bits per heavy atom. The Hall–Kier alpha value is -2.78. The van der Waals surface area contributed by atoms with Gasteiger partial charge in [0.2, 0.25) is 10.0 Å². The lowest BCUT2D eigenvalue weighted by molar-refractivity contribution is 0.0692. The van der Waals surface area contributed by atoms with Crippen molar-refractivity contribution in [2.75, 3.05) is 26.2 Å². The number of amides is 1. The highest BCUT2D eigenvalue weighted by atomic mass is 32.2. The Bertz CT molecular complexity index is 1150. The molecule has 3 heterocycles. The molecule has 1 saturated heterocycles. The molecule has 1 aromatic carbocycles. The van der Waals surface area contributed by atoms with Crippen molar-refractivity contribution in [2.45, 2.75) is 11.8 Å². The van der Waals surface area contributed by atoms with Gasteiger partial charge in [0.15, 0.2) is 0 Å². The molecule has 1 amide bonds. The molecule has 1 aliphatic heterocycles. The van der Waals surface area contributed by atoms with Gasteiger partial charge in [-0.15, -0.1) is 0 Å². The SMILES string of the molecule is Cc1cccc2nc(C(=O)N3CCN(S(=O)(=O)c4ccccc4F)CC3)cn12. The average Bonchev–Trinajstić information content (AvgIpc) is 3.13. The molecular weight excluding hydrogens is 383 g/mol. The molecule has 0 saturated carbocycles. The highest BCUT2D eigenvalue weighted by molar-refractivity contribution is 7.89. The number of pyridine rings is 1. The number of halogens is 1. The number of nitrogens with zero attached hydrogens (tertiary/aromatic N) is 4. The molecule has 0 atom stereocenters. The fraction of sp³-hybridized carbons (Fsp3) is 0.263. The number of benzene rings is 1. The largest absolute Gasteiger partial charge is 0.335 e. The third kappa shape index (κ3) is 3.16. The van der Waals surface area contributed by atoms with E-state index in [0.717, 1.165) is 11.8 Å². The number of piperazine rings is 1. The van der Waals surface area contributed by atoms with Gasteiger partial charge in [-0.05, 0) is 31.2 Å². The van der Waals surface area contributed by atoms with Gasteiger partial charge >= 0.3 is 0 Å². The summed E-state index contributed by atoms with van der Waals surface area (Å²) in [6.07, 6.45) is 1.69. The molecule has 1 fully saturated rings. The van der Waals surface area contributed by atoms with Crippen molar-refractivity contribution >= 4 is 21.6 Å². The number of imidazole rings is 1. The van der Waals surface area contributed by atoms with Crippen molar-refractivity contribution in [2.24, 2.45) is 0 Å². The molecule has 1 aliphatic rings. The van der Waals surface area contributed by atoms with Crippen molar-refractivity contribution in [1.82, 2.24) is 18.6 Å². The van der Waals surface area contributed by atoms with Crippen LogP contribution in [-0.4, -0.2) is 59.1 Å². The molecular formula is C19H19FN4O3S. The van der Waals surface area contributed by atoms with E-state index >= 15 is 0 Å². The summed E-state index contributed by atoms with van der Waals surface area (Å²) in [4.78, 5) is 18.4. The molecule has 0 N–H and O–H groups in total. The minimum Gasteiger partial charge on any atom is -0.335 e. The van der Waals surface area contributed by atoms with Crippen LogP contribution in [0.3, 0.4) is 0 Å². The van der Waals surface area contributed by atoms with E-state index < -0.39 is 15.8 Å². The summed E-state index contributed by atoms with van der Waals surface area (Å²) >= 11 is 0. The van der Waals surface area contributed by atoms with Gasteiger partial charge in [-0.25, -0.2) is 17.8 Å². The van der Waals surface area contributed by atoms with Gasteiger partial charge < -0.3 is 9.30 Å². The lowest BCUT2D eigenvalue weighted by Gasteiger charge is -2.33. The first-order chi connectivity index (χ1) is 13.4. The zero-order chi connectivity index (χ0) is 19.9. The molecule has 9 heteroatoms. The Kier molecular flexibility index (Phi) is 4.64. The monoisotopic (exact) mass is 402 g/mol. The van der Waals surface area contributed by atoms with Gasteiger partial charge in [-0.2, -0.15) is 4.31 Å². The van der Waals surface area contributed by atoms with E-state index in [0.29, 0.717) is 11.3 Å². The van der Waals surface area contributed by atoms with Crippen LogP contribution >= 0.6 is 0 Å². The fourth-order valence-electron chi connectivity index (χ4n) is 3.34. The van der Waals surface area contributed by atoms with E-state index in [2.05, 4.69) is 4.98 Å². The first-order valence-electron chi connectivity index (χ1n) is 8.86. The van der Waals surface area contributed by atoms with E-state index in [1.165, 1.54) is 22.5 Å². The van der Waals surface area contributed by atoms with Crippen LogP contribution in [0, 0.1) is 12.7 Å². The van der Waals surface area contributed by atoms with Crippen LogP contribution in [0.2, 0.25) is 0 Å². The van der Waals surface area contributed by atoms with Crippen LogP contribution in [0.25, 0.3) is 5.65 Å². The van der Waals surface area contributed by atoms with E-state index in [1.807, 2.05) is 29.5 Å². The molecule has 2 aromatic heterocycles. The smallest absolute Gasteiger partial charge is 0.274 e. The van der Waals surface area contributed by atoms with Crippen molar-refractivity contribution in [3.8, 4) is 0 Å². The van der Waals surface area contributed by atoms with Gasteiger partial charge in [0, 0.05) is 38.1 Å². The highest BCUT2D eigenvalue weighted by Crippen LogP contribution is 2.21. The lowest BCUT2D eigenvalue weighted by atomic mass is 10.3. The topological polar surface area (TPSA) is 75.0 Å². The molecule has 4 rings (SSSR count). The Morgan fingerprint density at radius 1 is 1.04 bits per heavy atom. The molecule has 3 aromatic rings. The summed E-state index contributed by atoms with van der Waals surface area (Å²) in [7, 11) is -3.93. The van der Waals surface area contributed by atoms with Crippen molar-refractivity contribution in [1.29, 1.82) is 0 Å². The predicted octanol–water partition coefficient (Wildman–Crippen LogP) is 1.93. The summed E-state index contributed by atoms with van der Waals surface area (Å²) in [5.41, 5.74) is 1.97. The van der Waals surface area contributed by atoms with Gasteiger partial charge in [0.25, 0.3) is 5.91 Å². The first-order valence-corrected chi connectivity index (χ1v) is 10.3. The number of hydrogen-bond acceptors (Lipinski definition) is 4. The van der Waals surface area contributed by atoms with Crippen molar-refractivity contribution in [3.05, 3.63) is 65.9 Å². The van der Waals surface area contributed by atoms with E-state index in [-0.39, 0.29) is 37.0 Å². The normalized spacial score (nSPS) is 15.9. The molecule has 0 aliphatic carbocycles. The quantitative estimate of drug-likeness (QED) is 0.671. The number of carbonyl (C=O) groups is 1. The third-order valence-corrected chi connectivity index (χ3v) is 6.83. The summed E-state index contributed by atoms with van der Waals surface area (Å²) < 4.78 is 42.3. The number of rotatable bonds is 3. The summed E-state index contributed by atoms with van der Waals surface area (Å²) in [5, 5.41) is 0. The van der Waals surface area contributed by atoms with E-state index in [9.17, 15) is 17.6 Å². The zero-order valence-corrected chi connectivity index (χ0v) is 16.1. The first kappa shape index (κ1) is 18.6. The molecule has 0 spiro atoms. The van der Waals surface area contributed by atoms with Crippen LogP contribution in [0.4, 0.5) is 4.39 Å². The maximum Gasteiger partial charge on any atom is 0.274 e. The third-order valence-electron chi connectivity index (χ3n) is 4.90. The minimum atomic E-state index is -3.93. The maximum absolute atomic E-state index is 13.9. The lowest BCUT2D eigenvalue weighted by Crippen LogP contribution is -2.50. The molecule has 0 radical (unpaired) electrons. The number of hydrogen-bond donors (Lipinski definition) is 0. The zero-order valence-electron chi connectivity index (χ0n) is 15.2. The number of carbonyl (C=O) groups excluding carboxylic acids is 1. The molecule has 0 bridgehead atoms. The van der Waals surface area contributed by atoms with Crippen LogP contribution in [-0.2, 0) is 10.0 Å². The molecule has 28 heavy (non-hydrogen) atoms. The van der Waals surface area contributed by atoms with Gasteiger partial charge in [0.1, 0.15) is 22.1 Å². The number of sulfonamides is 1. The average molecular weight is 402 g/mol. The Labute approximate surface area is 162 Å². The van der Waals surface area contributed by atoms with Gasteiger partial charge in [0.05, 0.1) is 0 Å². The molecule has 7 nitrogen and oxygen atoms in total. The number of aryl methyl sites for hydroxylation is 1. The number of fused-ring (bicyclic) bond motifs is 1. The number of aromatic nitrogens is 2.